The quantitative estimate of drug-likeness (QED) is 0.784. The summed E-state index contributed by atoms with van der Waals surface area (Å²) in [6.45, 7) is 5.52. The van der Waals surface area contributed by atoms with E-state index in [1.54, 1.807) is 0 Å². The number of hydrogen-bond donors (Lipinski definition) is 0. The molecule has 1 unspecified atom stereocenters. The Balaban J connectivity index is 1.96. The molecule has 0 saturated carbocycles. The molecule has 5 nitrogen and oxygen atoms in total. The van der Waals surface area contributed by atoms with E-state index >= 15 is 0 Å². The Labute approximate surface area is 140 Å². The van der Waals surface area contributed by atoms with Gasteiger partial charge in [0.25, 0.3) is 0 Å². The van der Waals surface area contributed by atoms with E-state index in [4.69, 9.17) is 16.3 Å². The van der Waals surface area contributed by atoms with Crippen LogP contribution in [0.15, 0.2) is 24.3 Å². The molecule has 0 amide bonds. The molecule has 3 rings (SSSR count). The van der Waals surface area contributed by atoms with Crippen LogP contribution in [0, 0.1) is 0 Å². The SMILES string of the molecule is CC(C)(C)OC(=O)c1nnn2c1CCCC2c1ccccc1Cl. The Kier molecular flexibility index (Phi) is 4.15. The molecule has 0 fully saturated rings. The molecule has 2 heterocycles. The van der Waals surface area contributed by atoms with E-state index in [9.17, 15) is 4.79 Å². The summed E-state index contributed by atoms with van der Waals surface area (Å²) < 4.78 is 7.26. The number of esters is 1. The molecule has 0 radical (unpaired) electrons. The van der Waals surface area contributed by atoms with Crippen molar-refractivity contribution in [3.05, 3.63) is 46.2 Å². The highest BCUT2D eigenvalue weighted by Gasteiger charge is 2.31. The second-order valence-electron chi connectivity index (χ2n) is 6.76. The molecule has 1 aromatic carbocycles. The summed E-state index contributed by atoms with van der Waals surface area (Å²) >= 11 is 6.33. The number of carbonyl (C=O) groups is 1. The number of ether oxygens (including phenoxy) is 1. The van der Waals surface area contributed by atoms with Gasteiger partial charge in [-0.2, -0.15) is 0 Å². The van der Waals surface area contributed by atoms with Gasteiger partial charge in [-0.05, 0) is 51.7 Å². The zero-order valence-corrected chi connectivity index (χ0v) is 14.3. The lowest BCUT2D eigenvalue weighted by Gasteiger charge is -2.25. The fourth-order valence-corrected chi connectivity index (χ4v) is 3.16. The summed E-state index contributed by atoms with van der Waals surface area (Å²) in [4.78, 5) is 12.3. The third-order valence-electron chi connectivity index (χ3n) is 3.83. The van der Waals surface area contributed by atoms with Gasteiger partial charge < -0.3 is 4.74 Å². The van der Waals surface area contributed by atoms with Gasteiger partial charge in [0.2, 0.25) is 0 Å². The predicted molar refractivity (Wildman–Crippen MR) is 87.7 cm³/mol. The molecule has 1 aliphatic rings. The summed E-state index contributed by atoms with van der Waals surface area (Å²) in [6.07, 6.45) is 2.65. The van der Waals surface area contributed by atoms with Crippen molar-refractivity contribution >= 4 is 17.6 Å². The van der Waals surface area contributed by atoms with E-state index in [1.807, 2.05) is 49.7 Å². The van der Waals surface area contributed by atoms with Gasteiger partial charge in [-0.25, -0.2) is 9.48 Å². The Bertz CT molecular complexity index is 734. The third-order valence-corrected chi connectivity index (χ3v) is 4.18. The van der Waals surface area contributed by atoms with Crippen molar-refractivity contribution in [3.63, 3.8) is 0 Å². The van der Waals surface area contributed by atoms with Gasteiger partial charge in [-0.1, -0.05) is 35.0 Å². The van der Waals surface area contributed by atoms with Crippen LogP contribution in [-0.4, -0.2) is 26.6 Å². The highest BCUT2D eigenvalue weighted by Crippen LogP contribution is 2.34. The first-order valence-corrected chi connectivity index (χ1v) is 8.16. The van der Waals surface area contributed by atoms with Gasteiger partial charge in [0.1, 0.15) is 5.60 Å². The fourth-order valence-electron chi connectivity index (χ4n) is 2.90. The monoisotopic (exact) mass is 333 g/mol. The maximum atomic E-state index is 12.3. The van der Waals surface area contributed by atoms with E-state index in [-0.39, 0.29) is 6.04 Å². The number of hydrogen-bond acceptors (Lipinski definition) is 4. The first-order valence-electron chi connectivity index (χ1n) is 7.78. The lowest BCUT2D eigenvalue weighted by Crippen LogP contribution is -2.26. The van der Waals surface area contributed by atoms with Crippen LogP contribution >= 0.6 is 11.6 Å². The molecule has 6 heteroatoms. The molecule has 122 valence electrons. The van der Waals surface area contributed by atoms with Gasteiger partial charge in [0.15, 0.2) is 5.69 Å². The van der Waals surface area contributed by atoms with Crippen LogP contribution in [0.3, 0.4) is 0 Å². The summed E-state index contributed by atoms with van der Waals surface area (Å²) in [6, 6.07) is 7.74. The molecule has 0 bridgehead atoms. The van der Waals surface area contributed by atoms with Gasteiger partial charge in [0.05, 0.1) is 11.7 Å². The molecule has 0 saturated heterocycles. The topological polar surface area (TPSA) is 57.0 Å². The van der Waals surface area contributed by atoms with Gasteiger partial charge >= 0.3 is 5.97 Å². The number of carbonyl (C=O) groups excluding carboxylic acids is 1. The Morgan fingerprint density at radius 3 is 2.78 bits per heavy atom. The van der Waals surface area contributed by atoms with Crippen LogP contribution in [0.4, 0.5) is 0 Å². The lowest BCUT2D eigenvalue weighted by molar-refractivity contribution is 0.00612. The normalized spacial score (nSPS) is 17.7. The molecule has 0 N–H and O–H groups in total. The Morgan fingerprint density at radius 1 is 1.35 bits per heavy atom. The van der Waals surface area contributed by atoms with Crippen LogP contribution in [0.1, 0.15) is 61.4 Å². The summed E-state index contributed by atoms with van der Waals surface area (Å²) in [7, 11) is 0. The molecule has 1 atom stereocenters. The molecule has 1 aliphatic heterocycles. The average Bonchev–Trinajstić information content (AvgIpc) is 2.90. The number of benzene rings is 1. The van der Waals surface area contributed by atoms with Crippen molar-refractivity contribution in [2.75, 3.05) is 0 Å². The van der Waals surface area contributed by atoms with E-state index in [2.05, 4.69) is 10.3 Å². The van der Waals surface area contributed by atoms with Gasteiger partial charge in [-0.3, -0.25) is 0 Å². The first kappa shape index (κ1) is 16.0. The van der Waals surface area contributed by atoms with Crippen molar-refractivity contribution in [3.8, 4) is 0 Å². The smallest absolute Gasteiger partial charge is 0.361 e. The molecule has 0 spiro atoms. The Hall–Kier alpha value is -1.88. The van der Waals surface area contributed by atoms with Gasteiger partial charge in [0, 0.05) is 5.02 Å². The Morgan fingerprint density at radius 2 is 2.09 bits per heavy atom. The summed E-state index contributed by atoms with van der Waals surface area (Å²) in [5.74, 6) is -0.418. The number of aromatic nitrogens is 3. The van der Waals surface area contributed by atoms with E-state index < -0.39 is 11.6 Å². The zero-order chi connectivity index (χ0) is 16.6. The maximum absolute atomic E-state index is 12.3. The minimum absolute atomic E-state index is 0.0103. The van der Waals surface area contributed by atoms with Crippen LogP contribution in [-0.2, 0) is 11.2 Å². The van der Waals surface area contributed by atoms with Crippen molar-refractivity contribution in [1.29, 1.82) is 0 Å². The minimum atomic E-state index is -0.551. The van der Waals surface area contributed by atoms with Gasteiger partial charge in [-0.15, -0.1) is 5.10 Å². The summed E-state index contributed by atoms with van der Waals surface area (Å²) in [5.41, 5.74) is 1.60. The predicted octanol–water partition coefficient (Wildman–Crippen LogP) is 3.81. The number of rotatable bonds is 2. The standard InChI is InChI=1S/C17H20ClN3O2/c1-17(2,3)23-16(22)15-14-10-6-9-13(21(14)20-19-15)11-7-4-5-8-12(11)18/h4-5,7-8,13H,6,9-10H2,1-3H3. The fraction of sp³-hybridized carbons (Fsp3) is 0.471. The largest absolute Gasteiger partial charge is 0.455 e. The zero-order valence-electron chi connectivity index (χ0n) is 13.5. The van der Waals surface area contributed by atoms with E-state index in [1.165, 1.54) is 0 Å². The lowest BCUT2D eigenvalue weighted by atomic mass is 9.96. The highest BCUT2D eigenvalue weighted by molar-refractivity contribution is 6.31. The number of fused-ring (bicyclic) bond motifs is 1. The average molecular weight is 334 g/mol. The molecular weight excluding hydrogens is 314 g/mol. The van der Waals surface area contributed by atoms with Crippen LogP contribution in [0.25, 0.3) is 0 Å². The van der Waals surface area contributed by atoms with Crippen molar-refractivity contribution in [2.45, 2.75) is 51.7 Å². The molecule has 23 heavy (non-hydrogen) atoms. The molecule has 1 aromatic heterocycles. The van der Waals surface area contributed by atoms with Crippen LogP contribution in [0.2, 0.25) is 5.02 Å². The number of nitrogens with zero attached hydrogens (tertiary/aromatic N) is 3. The maximum Gasteiger partial charge on any atom is 0.361 e. The van der Waals surface area contributed by atoms with E-state index in [0.29, 0.717) is 10.7 Å². The van der Waals surface area contributed by atoms with E-state index in [0.717, 1.165) is 30.5 Å². The van der Waals surface area contributed by atoms with Crippen LogP contribution in [0.5, 0.6) is 0 Å². The second-order valence-corrected chi connectivity index (χ2v) is 7.17. The molecule has 2 aromatic rings. The molecular formula is C17H20ClN3O2. The third kappa shape index (κ3) is 3.24. The van der Waals surface area contributed by atoms with Crippen molar-refractivity contribution in [1.82, 2.24) is 15.0 Å². The second kappa shape index (κ2) is 5.96. The first-order chi connectivity index (χ1) is 10.9. The highest BCUT2D eigenvalue weighted by atomic mass is 35.5. The molecule has 0 aliphatic carbocycles. The minimum Gasteiger partial charge on any atom is -0.455 e. The van der Waals surface area contributed by atoms with Crippen molar-refractivity contribution in [2.24, 2.45) is 0 Å². The van der Waals surface area contributed by atoms with Crippen molar-refractivity contribution < 1.29 is 9.53 Å². The number of halogens is 1. The van der Waals surface area contributed by atoms with Crippen LogP contribution < -0.4 is 0 Å². The summed E-state index contributed by atoms with van der Waals surface area (Å²) in [5, 5.41) is 9.00.